The van der Waals surface area contributed by atoms with Crippen molar-refractivity contribution in [2.45, 2.75) is 43.9 Å². The molecule has 0 radical (unpaired) electrons. The first-order valence-electron chi connectivity index (χ1n) is 11.0. The second kappa shape index (κ2) is 9.68. The zero-order valence-corrected chi connectivity index (χ0v) is 18.0. The summed E-state index contributed by atoms with van der Waals surface area (Å²) < 4.78 is 50.7. The molecule has 0 saturated heterocycles. The summed E-state index contributed by atoms with van der Waals surface area (Å²) in [6, 6.07) is 11.3. The molecule has 2 aliphatic rings. The molecule has 32 heavy (non-hydrogen) atoms. The van der Waals surface area contributed by atoms with Crippen molar-refractivity contribution in [3.05, 3.63) is 89.5 Å². The molecule has 2 aromatic carbocycles. The van der Waals surface area contributed by atoms with Crippen LogP contribution in [0.2, 0.25) is 0 Å². The first kappa shape index (κ1) is 22.3. The molecule has 2 atom stereocenters. The van der Waals surface area contributed by atoms with Gasteiger partial charge in [-0.25, -0.2) is 0 Å². The van der Waals surface area contributed by atoms with Crippen LogP contribution in [0.4, 0.5) is 13.2 Å². The Morgan fingerprint density at radius 3 is 2.34 bits per heavy atom. The van der Waals surface area contributed by atoms with Crippen LogP contribution in [0.15, 0.2) is 72.8 Å². The van der Waals surface area contributed by atoms with E-state index in [9.17, 15) is 13.2 Å². The zero-order chi connectivity index (χ0) is 22.6. The van der Waals surface area contributed by atoms with E-state index in [1.165, 1.54) is 12.8 Å². The highest BCUT2D eigenvalue weighted by atomic mass is 19.4. The molecule has 0 spiro atoms. The maximum Gasteiger partial charge on any atom is 0.416 e. The summed E-state index contributed by atoms with van der Waals surface area (Å²) in [5.74, 6) is 1.43. The fourth-order valence-electron chi connectivity index (χ4n) is 4.37. The molecule has 0 heterocycles. The second-order valence-electron chi connectivity index (χ2n) is 8.25. The molecule has 0 bridgehead atoms. The van der Waals surface area contributed by atoms with Crippen molar-refractivity contribution in [1.82, 2.24) is 0 Å². The van der Waals surface area contributed by atoms with E-state index in [1.807, 2.05) is 42.5 Å². The van der Waals surface area contributed by atoms with Crippen molar-refractivity contribution in [1.29, 1.82) is 0 Å². The molecule has 2 aliphatic carbocycles. The van der Waals surface area contributed by atoms with Crippen LogP contribution in [-0.2, 0) is 6.18 Å². The summed E-state index contributed by atoms with van der Waals surface area (Å²) in [5, 5.41) is 0. The van der Waals surface area contributed by atoms with Gasteiger partial charge >= 0.3 is 6.18 Å². The molecule has 1 fully saturated rings. The molecule has 4 rings (SSSR count). The summed E-state index contributed by atoms with van der Waals surface area (Å²) >= 11 is 0. The van der Waals surface area contributed by atoms with E-state index in [2.05, 4.69) is 12.2 Å². The summed E-state index contributed by atoms with van der Waals surface area (Å²) in [4.78, 5) is 0. The van der Waals surface area contributed by atoms with Crippen molar-refractivity contribution < 1.29 is 22.6 Å². The van der Waals surface area contributed by atoms with E-state index in [4.69, 9.17) is 9.47 Å². The van der Waals surface area contributed by atoms with Crippen LogP contribution < -0.4 is 9.47 Å². The van der Waals surface area contributed by atoms with Gasteiger partial charge in [0.2, 0.25) is 0 Å². The number of allylic oxidation sites excluding steroid dienone is 5. The Labute approximate surface area is 187 Å². The molecule has 168 valence electrons. The molecule has 2 aromatic rings. The number of methoxy groups -OCH3 is 1. The molecule has 0 aliphatic heterocycles. The van der Waals surface area contributed by atoms with Crippen LogP contribution in [0, 0.1) is 5.92 Å². The topological polar surface area (TPSA) is 18.5 Å². The number of hydrogen-bond acceptors (Lipinski definition) is 2. The minimum Gasteiger partial charge on any atom is -0.493 e. The van der Waals surface area contributed by atoms with E-state index < -0.39 is 11.7 Å². The number of ether oxygens (including phenoxy) is 2. The minimum absolute atomic E-state index is 0.0160. The third-order valence-corrected chi connectivity index (χ3v) is 6.11. The third kappa shape index (κ3) is 5.09. The normalized spacial score (nSPS) is 21.4. The molecular formula is C27H27F3O2. The highest BCUT2D eigenvalue weighted by Crippen LogP contribution is 2.38. The molecular weight excluding hydrogens is 413 g/mol. The Balaban J connectivity index is 1.58. The van der Waals surface area contributed by atoms with Gasteiger partial charge in [0, 0.05) is 17.4 Å². The number of halogens is 3. The van der Waals surface area contributed by atoms with E-state index in [0.29, 0.717) is 5.75 Å². The van der Waals surface area contributed by atoms with E-state index in [0.717, 1.165) is 41.9 Å². The lowest BCUT2D eigenvalue weighted by Crippen LogP contribution is -2.12. The Bertz CT molecular complexity index is 997. The van der Waals surface area contributed by atoms with Crippen LogP contribution in [0.1, 0.15) is 48.3 Å². The molecule has 0 N–H and O–H groups in total. The lowest BCUT2D eigenvalue weighted by Gasteiger charge is -2.23. The first-order valence-corrected chi connectivity index (χ1v) is 11.0. The lowest BCUT2D eigenvalue weighted by molar-refractivity contribution is -0.137. The molecule has 5 heteroatoms. The number of alkyl halides is 3. The van der Waals surface area contributed by atoms with Gasteiger partial charge in [0.05, 0.1) is 18.8 Å². The first-order chi connectivity index (χ1) is 15.5. The van der Waals surface area contributed by atoms with Gasteiger partial charge in [-0.15, -0.1) is 0 Å². The smallest absolute Gasteiger partial charge is 0.416 e. The number of rotatable bonds is 6. The van der Waals surface area contributed by atoms with Gasteiger partial charge in [0.25, 0.3) is 0 Å². The van der Waals surface area contributed by atoms with Crippen LogP contribution in [-0.4, -0.2) is 13.2 Å². The van der Waals surface area contributed by atoms with Gasteiger partial charge in [-0.2, -0.15) is 13.2 Å². The number of hydrogen-bond donors (Lipinski definition) is 0. The maximum atomic E-state index is 12.9. The van der Waals surface area contributed by atoms with Crippen molar-refractivity contribution in [2.24, 2.45) is 5.92 Å². The van der Waals surface area contributed by atoms with Crippen LogP contribution >= 0.6 is 0 Å². The number of para-hydroxylation sites is 1. The zero-order valence-electron chi connectivity index (χ0n) is 18.0. The van der Waals surface area contributed by atoms with Crippen molar-refractivity contribution in [3.8, 4) is 11.5 Å². The molecule has 0 aromatic heterocycles. The van der Waals surface area contributed by atoms with Gasteiger partial charge in [-0.1, -0.05) is 60.7 Å². The fourth-order valence-corrected chi connectivity index (χ4v) is 4.37. The molecule has 0 amide bonds. The molecule has 2 unspecified atom stereocenters. The predicted molar refractivity (Wildman–Crippen MR) is 121 cm³/mol. The number of benzene rings is 2. The van der Waals surface area contributed by atoms with E-state index in [1.54, 1.807) is 19.2 Å². The van der Waals surface area contributed by atoms with Gasteiger partial charge in [0.1, 0.15) is 0 Å². The summed E-state index contributed by atoms with van der Waals surface area (Å²) in [5.41, 5.74) is 1.15. The molecule has 2 nitrogen and oxygen atoms in total. The lowest BCUT2D eigenvalue weighted by atomic mass is 9.82. The minimum atomic E-state index is -4.33. The Hall–Kier alpha value is -2.95. The Morgan fingerprint density at radius 1 is 0.938 bits per heavy atom. The van der Waals surface area contributed by atoms with Crippen molar-refractivity contribution in [2.75, 3.05) is 7.11 Å². The highest BCUT2D eigenvalue weighted by Gasteiger charge is 2.30. The SMILES string of the molecule is COc1cccc(/C=C/C2C=CC=CC2c2ccc(C(F)(F)F)cc2)c1OC1CCCC1. The second-order valence-corrected chi connectivity index (χ2v) is 8.25. The fraction of sp³-hybridized carbons (Fsp3) is 0.333. The maximum absolute atomic E-state index is 12.9. The van der Waals surface area contributed by atoms with Crippen LogP contribution in [0.25, 0.3) is 6.08 Å². The van der Waals surface area contributed by atoms with Crippen molar-refractivity contribution >= 4 is 6.08 Å². The Kier molecular flexibility index (Phi) is 6.73. The Morgan fingerprint density at radius 2 is 1.66 bits per heavy atom. The van der Waals surface area contributed by atoms with Gasteiger partial charge in [-0.05, 0) is 49.4 Å². The van der Waals surface area contributed by atoms with Crippen LogP contribution in [0.5, 0.6) is 11.5 Å². The van der Waals surface area contributed by atoms with Gasteiger partial charge < -0.3 is 9.47 Å². The highest BCUT2D eigenvalue weighted by molar-refractivity contribution is 5.63. The summed E-state index contributed by atoms with van der Waals surface area (Å²) in [6.07, 6.45) is 12.4. The van der Waals surface area contributed by atoms with Gasteiger partial charge in [0.15, 0.2) is 11.5 Å². The standard InChI is InChI=1S/C27H27F3O2/c1-31-25-12-6-8-21(26(25)32-23-9-3-4-10-23)14-13-19-7-2-5-11-24(19)20-15-17-22(18-16-20)27(28,29)30/h2,5-8,11-19,23-24H,3-4,9-10H2,1H3/b14-13+. The van der Waals surface area contributed by atoms with Crippen molar-refractivity contribution in [3.63, 3.8) is 0 Å². The largest absolute Gasteiger partial charge is 0.493 e. The average molecular weight is 441 g/mol. The van der Waals surface area contributed by atoms with E-state index >= 15 is 0 Å². The summed E-state index contributed by atoms with van der Waals surface area (Å²) in [6.45, 7) is 0. The third-order valence-electron chi connectivity index (χ3n) is 6.11. The van der Waals surface area contributed by atoms with Crippen LogP contribution in [0.3, 0.4) is 0 Å². The summed E-state index contributed by atoms with van der Waals surface area (Å²) in [7, 11) is 1.64. The van der Waals surface area contributed by atoms with E-state index in [-0.39, 0.29) is 17.9 Å². The quantitative estimate of drug-likeness (QED) is 0.461. The monoisotopic (exact) mass is 440 g/mol. The molecule has 1 saturated carbocycles. The predicted octanol–water partition coefficient (Wildman–Crippen LogP) is 7.57. The van der Waals surface area contributed by atoms with Gasteiger partial charge in [-0.3, -0.25) is 0 Å². The average Bonchev–Trinajstić information content (AvgIpc) is 3.31.